The van der Waals surface area contributed by atoms with Gasteiger partial charge in [0.1, 0.15) is 0 Å². The van der Waals surface area contributed by atoms with Crippen molar-refractivity contribution in [1.82, 2.24) is 10.1 Å². The van der Waals surface area contributed by atoms with Crippen LogP contribution in [0.15, 0.2) is 15.7 Å². The van der Waals surface area contributed by atoms with Crippen molar-refractivity contribution < 1.29 is 9.36 Å². The van der Waals surface area contributed by atoms with E-state index in [-0.39, 0.29) is 6.61 Å². The van der Waals surface area contributed by atoms with Gasteiger partial charge in [-0.1, -0.05) is 21.9 Å². The number of fused-ring (bicyclic) bond motifs is 3. The average molecular weight is 270 g/mol. The summed E-state index contributed by atoms with van der Waals surface area (Å²) in [5.74, 6) is 1.90. The Bertz CT molecular complexity index is 427. The summed E-state index contributed by atoms with van der Waals surface area (Å²) in [6, 6.07) is 1.63. The van der Waals surface area contributed by atoms with Crippen molar-refractivity contribution in [2.45, 2.75) is 19.4 Å². The number of halogens is 1. The molecule has 1 atom stereocenters. The van der Waals surface area contributed by atoms with Gasteiger partial charge in [0.05, 0.1) is 0 Å². The van der Waals surface area contributed by atoms with E-state index in [1.54, 1.807) is 6.07 Å². The molecule has 0 spiro atoms. The minimum atomic E-state index is 0.275. The Morgan fingerprint density at radius 2 is 2.39 bits per heavy atom. The van der Waals surface area contributed by atoms with Gasteiger partial charge in [0.15, 0.2) is 17.5 Å². The Labute approximate surface area is 111 Å². The van der Waals surface area contributed by atoms with Crippen molar-refractivity contribution in [2.24, 2.45) is 17.0 Å². The third kappa shape index (κ3) is 2.67. The summed E-state index contributed by atoms with van der Waals surface area (Å²) in [4.78, 5) is 7.69. The fraction of sp³-hybridized carbons (Fsp3) is 0.667. The number of rotatable bonds is 4. The first-order valence-electron chi connectivity index (χ1n) is 6.30. The summed E-state index contributed by atoms with van der Waals surface area (Å²) in [7, 11) is 0. The van der Waals surface area contributed by atoms with E-state index in [0.29, 0.717) is 16.8 Å². The van der Waals surface area contributed by atoms with Gasteiger partial charge in [-0.3, -0.25) is 0 Å². The zero-order valence-electron chi connectivity index (χ0n) is 10.1. The number of aromatic nitrogens is 1. The van der Waals surface area contributed by atoms with Crippen LogP contribution >= 0.6 is 11.6 Å². The maximum Gasteiger partial charge on any atom is 0.178 e. The molecular weight excluding hydrogens is 254 g/mol. The third-order valence-corrected chi connectivity index (χ3v) is 3.95. The van der Waals surface area contributed by atoms with Gasteiger partial charge in [-0.2, -0.15) is 0 Å². The first-order chi connectivity index (χ1) is 8.81. The van der Waals surface area contributed by atoms with Crippen molar-refractivity contribution in [3.8, 4) is 0 Å². The molecule has 1 aromatic rings. The average Bonchev–Trinajstić information content (AvgIpc) is 2.82. The second-order valence-electron chi connectivity index (χ2n) is 4.95. The summed E-state index contributed by atoms with van der Waals surface area (Å²) in [6.45, 7) is 3.88. The number of piperidine rings is 3. The highest BCUT2D eigenvalue weighted by atomic mass is 35.5. The van der Waals surface area contributed by atoms with Gasteiger partial charge in [-0.05, 0) is 31.8 Å². The van der Waals surface area contributed by atoms with Crippen LogP contribution in [0.5, 0.6) is 0 Å². The van der Waals surface area contributed by atoms with Crippen molar-refractivity contribution in [3.05, 3.63) is 17.0 Å². The second kappa shape index (κ2) is 5.28. The Kier molecular flexibility index (Phi) is 3.52. The van der Waals surface area contributed by atoms with Crippen LogP contribution in [0.2, 0.25) is 5.15 Å². The van der Waals surface area contributed by atoms with E-state index in [1.165, 1.54) is 25.9 Å². The topological polar surface area (TPSA) is 50.9 Å². The molecule has 6 heteroatoms. The lowest BCUT2D eigenvalue weighted by atomic mass is 9.80. The van der Waals surface area contributed by atoms with Gasteiger partial charge in [-0.15, -0.1) is 0 Å². The first-order valence-corrected chi connectivity index (χ1v) is 6.68. The molecule has 2 bridgehead atoms. The van der Waals surface area contributed by atoms with E-state index in [4.69, 9.17) is 21.0 Å². The number of hydrogen-bond acceptors (Lipinski definition) is 5. The van der Waals surface area contributed by atoms with Gasteiger partial charge < -0.3 is 14.3 Å². The highest BCUT2D eigenvalue weighted by Gasteiger charge is 2.33. The minimum Gasteiger partial charge on any atom is -0.388 e. The van der Waals surface area contributed by atoms with E-state index >= 15 is 0 Å². The summed E-state index contributed by atoms with van der Waals surface area (Å²) in [6.07, 6.45) is 4.51. The van der Waals surface area contributed by atoms with Crippen molar-refractivity contribution in [1.29, 1.82) is 0 Å². The normalized spacial score (nSPS) is 31.1. The molecule has 3 aliphatic heterocycles. The van der Waals surface area contributed by atoms with Crippen LogP contribution in [0.4, 0.5) is 0 Å². The lowest BCUT2D eigenvalue weighted by molar-refractivity contribution is 0.0762. The highest BCUT2D eigenvalue weighted by Crippen LogP contribution is 2.31. The van der Waals surface area contributed by atoms with Gasteiger partial charge in [0, 0.05) is 24.7 Å². The maximum absolute atomic E-state index is 5.63. The first kappa shape index (κ1) is 12.0. The van der Waals surface area contributed by atoms with Gasteiger partial charge in [0.2, 0.25) is 0 Å². The molecular formula is C12H16ClN3O2. The predicted octanol–water partition coefficient (Wildman–Crippen LogP) is 2.17. The standard InChI is InChI=1S/C12H16ClN3O2/c13-12-5-11(18-15-12)8-17-14-6-10-7-16-3-1-9(10)2-4-16/h5-6,9-10H,1-4,7-8H2. The fourth-order valence-corrected chi connectivity index (χ4v) is 2.91. The quantitative estimate of drug-likeness (QED) is 0.621. The fourth-order valence-electron chi connectivity index (χ4n) is 2.76. The van der Waals surface area contributed by atoms with Gasteiger partial charge in [0.25, 0.3) is 0 Å². The Balaban J connectivity index is 1.46. The smallest absolute Gasteiger partial charge is 0.178 e. The largest absolute Gasteiger partial charge is 0.388 e. The summed E-state index contributed by atoms with van der Waals surface area (Å²) >= 11 is 5.63. The maximum atomic E-state index is 5.63. The minimum absolute atomic E-state index is 0.275. The third-order valence-electron chi connectivity index (χ3n) is 3.77. The molecule has 0 aromatic carbocycles. The number of nitrogens with zero attached hydrogens (tertiary/aromatic N) is 3. The Morgan fingerprint density at radius 3 is 3.00 bits per heavy atom. The SMILES string of the molecule is Clc1cc(CON=CC2CN3CCC2CC3)on1. The molecule has 0 radical (unpaired) electrons. The molecule has 3 saturated heterocycles. The van der Waals surface area contributed by atoms with E-state index in [2.05, 4.69) is 15.2 Å². The van der Waals surface area contributed by atoms with Crippen LogP contribution in [0.25, 0.3) is 0 Å². The van der Waals surface area contributed by atoms with Gasteiger partial charge >= 0.3 is 0 Å². The molecule has 4 heterocycles. The molecule has 0 amide bonds. The molecule has 0 aliphatic carbocycles. The molecule has 3 aliphatic rings. The van der Waals surface area contributed by atoms with E-state index in [1.807, 2.05) is 6.21 Å². The second-order valence-corrected chi connectivity index (χ2v) is 5.33. The summed E-state index contributed by atoms with van der Waals surface area (Å²) in [5.41, 5.74) is 0. The molecule has 1 unspecified atom stereocenters. The highest BCUT2D eigenvalue weighted by molar-refractivity contribution is 6.29. The van der Waals surface area contributed by atoms with E-state index in [9.17, 15) is 0 Å². The zero-order chi connectivity index (χ0) is 12.4. The molecule has 18 heavy (non-hydrogen) atoms. The molecule has 3 fully saturated rings. The molecule has 0 N–H and O–H groups in total. The van der Waals surface area contributed by atoms with Crippen molar-refractivity contribution in [2.75, 3.05) is 19.6 Å². The van der Waals surface area contributed by atoms with Crippen LogP contribution in [-0.4, -0.2) is 35.9 Å². The molecule has 98 valence electrons. The zero-order valence-corrected chi connectivity index (χ0v) is 10.8. The van der Waals surface area contributed by atoms with Crippen LogP contribution in [-0.2, 0) is 11.4 Å². The van der Waals surface area contributed by atoms with E-state index < -0.39 is 0 Å². The summed E-state index contributed by atoms with van der Waals surface area (Å²) < 4.78 is 4.92. The molecule has 5 nitrogen and oxygen atoms in total. The summed E-state index contributed by atoms with van der Waals surface area (Å²) in [5, 5.41) is 7.95. The Morgan fingerprint density at radius 1 is 1.56 bits per heavy atom. The van der Waals surface area contributed by atoms with Crippen LogP contribution in [0.3, 0.4) is 0 Å². The van der Waals surface area contributed by atoms with Crippen LogP contribution in [0, 0.1) is 11.8 Å². The van der Waals surface area contributed by atoms with Crippen LogP contribution < -0.4 is 0 Å². The monoisotopic (exact) mass is 269 g/mol. The molecule has 1 aromatic heterocycles. The predicted molar refractivity (Wildman–Crippen MR) is 67.4 cm³/mol. The Hall–Kier alpha value is -1.07. The van der Waals surface area contributed by atoms with E-state index in [0.717, 1.165) is 12.5 Å². The van der Waals surface area contributed by atoms with Crippen molar-refractivity contribution >= 4 is 17.8 Å². The lowest BCUT2D eigenvalue weighted by Gasteiger charge is -2.43. The van der Waals surface area contributed by atoms with Crippen molar-refractivity contribution in [3.63, 3.8) is 0 Å². The number of hydrogen-bond donors (Lipinski definition) is 0. The molecule has 4 rings (SSSR count). The van der Waals surface area contributed by atoms with Crippen LogP contribution in [0.1, 0.15) is 18.6 Å². The number of oxime groups is 1. The lowest BCUT2D eigenvalue weighted by Crippen LogP contribution is -2.47. The molecule has 0 saturated carbocycles. The van der Waals surface area contributed by atoms with Gasteiger partial charge in [-0.25, -0.2) is 0 Å².